The van der Waals surface area contributed by atoms with Gasteiger partial charge in [-0.1, -0.05) is 36.4 Å². The number of halogens is 3. The Morgan fingerprint density at radius 3 is 2.31 bits per heavy atom. The summed E-state index contributed by atoms with van der Waals surface area (Å²) in [6, 6.07) is 16.0. The minimum absolute atomic E-state index is 0.102. The van der Waals surface area contributed by atoms with Gasteiger partial charge in [0.25, 0.3) is 5.91 Å². The number of alkyl halides is 3. The van der Waals surface area contributed by atoms with Crippen LogP contribution in [0.15, 0.2) is 54.6 Å². The van der Waals surface area contributed by atoms with Crippen molar-refractivity contribution in [1.29, 1.82) is 0 Å². The molecular formula is C28H32F3N3O2. The molecule has 0 bridgehead atoms. The van der Waals surface area contributed by atoms with Crippen LogP contribution in [0, 0.1) is 0 Å². The molecule has 1 aliphatic carbocycles. The maximum Gasteiger partial charge on any atom is 0.416 e. The third kappa shape index (κ3) is 5.14. The van der Waals surface area contributed by atoms with E-state index in [0.29, 0.717) is 24.5 Å². The van der Waals surface area contributed by atoms with Gasteiger partial charge in [0, 0.05) is 36.8 Å². The van der Waals surface area contributed by atoms with Crippen LogP contribution in [-0.4, -0.2) is 59.4 Å². The van der Waals surface area contributed by atoms with Gasteiger partial charge in [-0.3, -0.25) is 14.5 Å². The standard InChI is InChI=1S/C28H32F3N3O2/c29-28(30,31)22-8-4-7-21(17-22)27(36)32-18-26(35)34-16-14-24-25(34)13-15-33(24)23-11-9-20(10-12-23)19-5-2-1-3-6-19/h1-8,17,20,23-25H,9-16,18H2,(H,32,36)/t20?,23?,24?,25-/m1/s1. The van der Waals surface area contributed by atoms with Crippen molar-refractivity contribution in [3.8, 4) is 0 Å². The van der Waals surface area contributed by atoms with Crippen LogP contribution in [0.3, 0.4) is 0 Å². The first-order chi connectivity index (χ1) is 17.3. The Labute approximate surface area is 209 Å². The number of hydrogen-bond acceptors (Lipinski definition) is 3. The van der Waals surface area contributed by atoms with Crippen LogP contribution in [0.2, 0.25) is 0 Å². The Bertz CT molecular complexity index is 1080. The predicted octanol–water partition coefficient (Wildman–Crippen LogP) is 4.84. The number of likely N-dealkylation sites (tertiary alicyclic amines) is 2. The summed E-state index contributed by atoms with van der Waals surface area (Å²) in [5, 5.41) is 2.52. The van der Waals surface area contributed by atoms with E-state index in [-0.39, 0.29) is 24.1 Å². The predicted molar refractivity (Wildman–Crippen MR) is 130 cm³/mol. The number of carbonyl (C=O) groups is 2. The van der Waals surface area contributed by atoms with Crippen molar-refractivity contribution in [3.05, 3.63) is 71.3 Å². The monoisotopic (exact) mass is 499 g/mol. The number of rotatable bonds is 5. The molecule has 3 aliphatic rings. The Hall–Kier alpha value is -2.87. The molecule has 0 spiro atoms. The van der Waals surface area contributed by atoms with E-state index in [1.165, 1.54) is 43.4 Å². The molecule has 2 aromatic rings. The molecule has 192 valence electrons. The minimum Gasteiger partial charge on any atom is -0.343 e. The van der Waals surface area contributed by atoms with Crippen LogP contribution >= 0.6 is 0 Å². The van der Waals surface area contributed by atoms with Gasteiger partial charge in [0.2, 0.25) is 5.91 Å². The molecule has 8 heteroatoms. The van der Waals surface area contributed by atoms with Gasteiger partial charge < -0.3 is 10.2 Å². The van der Waals surface area contributed by atoms with Crippen molar-refractivity contribution >= 4 is 11.8 Å². The average molecular weight is 500 g/mol. The van der Waals surface area contributed by atoms with Gasteiger partial charge in [-0.25, -0.2) is 0 Å². The van der Waals surface area contributed by atoms with Crippen LogP contribution in [-0.2, 0) is 11.0 Å². The lowest BCUT2D eigenvalue weighted by molar-refractivity contribution is -0.137. The number of fused-ring (bicyclic) bond motifs is 1. The summed E-state index contributed by atoms with van der Waals surface area (Å²) >= 11 is 0. The fourth-order valence-corrected chi connectivity index (χ4v) is 6.44. The van der Waals surface area contributed by atoms with Crippen molar-refractivity contribution in [2.24, 2.45) is 0 Å². The summed E-state index contributed by atoms with van der Waals surface area (Å²) in [5.74, 6) is -0.214. The van der Waals surface area contributed by atoms with Crippen molar-refractivity contribution in [3.63, 3.8) is 0 Å². The van der Waals surface area contributed by atoms with Gasteiger partial charge in [-0.15, -0.1) is 0 Å². The number of benzene rings is 2. The summed E-state index contributed by atoms with van der Waals surface area (Å²) in [6.07, 6.45) is 2.05. The molecule has 2 heterocycles. The number of hydrogen-bond donors (Lipinski definition) is 1. The maximum atomic E-state index is 12.9. The second-order valence-electron chi connectivity index (χ2n) is 10.2. The zero-order valence-electron chi connectivity index (χ0n) is 20.2. The van der Waals surface area contributed by atoms with Gasteiger partial charge in [0.15, 0.2) is 0 Å². The molecule has 1 unspecified atom stereocenters. The van der Waals surface area contributed by atoms with Crippen molar-refractivity contribution in [2.45, 2.75) is 68.7 Å². The quantitative estimate of drug-likeness (QED) is 0.641. The van der Waals surface area contributed by atoms with Gasteiger partial charge in [-0.2, -0.15) is 13.2 Å². The lowest BCUT2D eigenvalue weighted by Gasteiger charge is -2.37. The van der Waals surface area contributed by atoms with Crippen LogP contribution in [0.5, 0.6) is 0 Å². The first kappa shape index (κ1) is 24.8. The first-order valence-corrected chi connectivity index (χ1v) is 12.9. The van der Waals surface area contributed by atoms with Crippen LogP contribution in [0.1, 0.15) is 65.9 Å². The SMILES string of the molecule is O=C(NCC(=O)N1CCC2[C@H]1CCN2C1CCC(c2ccccc2)CC1)c1cccc(C(F)(F)F)c1. The summed E-state index contributed by atoms with van der Waals surface area (Å²) in [4.78, 5) is 29.8. The molecule has 2 aromatic carbocycles. The first-order valence-electron chi connectivity index (χ1n) is 12.9. The smallest absolute Gasteiger partial charge is 0.343 e. The Balaban J connectivity index is 1.13. The summed E-state index contributed by atoms with van der Waals surface area (Å²) in [5.41, 5.74) is 0.447. The molecule has 2 saturated heterocycles. The highest BCUT2D eigenvalue weighted by Gasteiger charge is 2.46. The minimum atomic E-state index is -4.52. The molecule has 5 nitrogen and oxygen atoms in total. The highest BCUT2D eigenvalue weighted by atomic mass is 19.4. The van der Waals surface area contributed by atoms with Crippen molar-refractivity contribution in [1.82, 2.24) is 15.1 Å². The second kappa shape index (κ2) is 10.2. The molecule has 0 aromatic heterocycles. The number of carbonyl (C=O) groups excluding carboxylic acids is 2. The van der Waals surface area contributed by atoms with E-state index >= 15 is 0 Å². The van der Waals surface area contributed by atoms with Crippen molar-refractivity contribution < 1.29 is 22.8 Å². The highest BCUT2D eigenvalue weighted by molar-refractivity contribution is 5.96. The van der Waals surface area contributed by atoms with E-state index in [4.69, 9.17) is 0 Å². The van der Waals surface area contributed by atoms with Gasteiger partial charge in [-0.05, 0) is 68.2 Å². The van der Waals surface area contributed by atoms with Gasteiger partial charge in [0.05, 0.1) is 12.1 Å². The zero-order valence-corrected chi connectivity index (χ0v) is 20.2. The molecule has 36 heavy (non-hydrogen) atoms. The molecule has 2 aliphatic heterocycles. The number of amides is 2. The lowest BCUT2D eigenvalue weighted by atomic mass is 9.81. The molecule has 0 radical (unpaired) electrons. The Morgan fingerprint density at radius 2 is 1.58 bits per heavy atom. The normalized spacial score (nSPS) is 26.6. The topological polar surface area (TPSA) is 52.7 Å². The summed E-state index contributed by atoms with van der Waals surface area (Å²) < 4.78 is 38.8. The highest BCUT2D eigenvalue weighted by Crippen LogP contribution is 2.40. The van der Waals surface area contributed by atoms with E-state index in [1.807, 2.05) is 4.90 Å². The largest absolute Gasteiger partial charge is 0.416 e. The molecule has 1 saturated carbocycles. The lowest BCUT2D eigenvalue weighted by Crippen LogP contribution is -2.46. The molecule has 2 amide bonds. The second-order valence-corrected chi connectivity index (χ2v) is 10.2. The van der Waals surface area contributed by atoms with Crippen LogP contribution < -0.4 is 5.32 Å². The van der Waals surface area contributed by atoms with Crippen LogP contribution in [0.25, 0.3) is 0 Å². The number of nitrogens with one attached hydrogen (secondary N) is 1. The van der Waals surface area contributed by atoms with E-state index in [0.717, 1.165) is 31.5 Å². The van der Waals surface area contributed by atoms with E-state index < -0.39 is 17.6 Å². The van der Waals surface area contributed by atoms with E-state index in [1.54, 1.807) is 0 Å². The van der Waals surface area contributed by atoms with Gasteiger partial charge in [0.1, 0.15) is 0 Å². The molecule has 5 rings (SSSR count). The molecule has 3 fully saturated rings. The number of nitrogens with zero attached hydrogens (tertiary/aromatic N) is 2. The van der Waals surface area contributed by atoms with Crippen molar-refractivity contribution in [2.75, 3.05) is 19.6 Å². The Morgan fingerprint density at radius 1 is 0.861 bits per heavy atom. The van der Waals surface area contributed by atoms with E-state index in [2.05, 4.69) is 40.5 Å². The zero-order chi connectivity index (χ0) is 25.3. The summed E-state index contributed by atoms with van der Waals surface area (Å²) in [7, 11) is 0. The summed E-state index contributed by atoms with van der Waals surface area (Å²) in [6.45, 7) is 1.43. The fraction of sp³-hybridized carbons (Fsp3) is 0.500. The maximum absolute atomic E-state index is 12.9. The van der Waals surface area contributed by atoms with Gasteiger partial charge >= 0.3 is 6.18 Å². The molecule has 2 atom stereocenters. The molecular weight excluding hydrogens is 467 g/mol. The Kier molecular flexibility index (Phi) is 7.06. The third-order valence-electron chi connectivity index (χ3n) is 8.23. The fourth-order valence-electron chi connectivity index (χ4n) is 6.44. The van der Waals surface area contributed by atoms with E-state index in [9.17, 15) is 22.8 Å². The third-order valence-corrected chi connectivity index (χ3v) is 8.23. The molecule has 1 N–H and O–H groups in total. The average Bonchev–Trinajstić information content (AvgIpc) is 3.50. The van der Waals surface area contributed by atoms with Crippen LogP contribution in [0.4, 0.5) is 13.2 Å².